The Morgan fingerprint density at radius 1 is 1.33 bits per heavy atom. The number of benzene rings is 1. The average molecular weight is 349 g/mol. The molecule has 0 saturated carbocycles. The summed E-state index contributed by atoms with van der Waals surface area (Å²) in [4.78, 5) is 11.2. The summed E-state index contributed by atoms with van der Waals surface area (Å²) < 4.78 is 53.3. The molecule has 0 spiro atoms. The van der Waals surface area contributed by atoms with Gasteiger partial charge in [0.2, 0.25) is 0 Å². The first-order chi connectivity index (χ1) is 11.2. The number of ether oxygens (including phenoxy) is 1. The lowest BCUT2D eigenvalue weighted by Gasteiger charge is -2.16. The molecule has 2 N–H and O–H groups in total. The van der Waals surface area contributed by atoms with Crippen LogP contribution in [0.2, 0.25) is 0 Å². The van der Waals surface area contributed by atoms with E-state index in [1.807, 2.05) is 0 Å². The molecule has 0 heterocycles. The molecule has 4 nitrogen and oxygen atoms in total. The van der Waals surface area contributed by atoms with Gasteiger partial charge in [0.1, 0.15) is 6.04 Å². The molecule has 1 aromatic rings. The predicted molar refractivity (Wildman–Crippen MR) is 81.4 cm³/mol. The van der Waals surface area contributed by atoms with Crippen LogP contribution in [-0.2, 0) is 4.79 Å². The van der Waals surface area contributed by atoms with Crippen molar-refractivity contribution in [3.63, 3.8) is 0 Å². The molecule has 0 amide bonds. The van der Waals surface area contributed by atoms with Crippen LogP contribution in [0.1, 0.15) is 32.1 Å². The summed E-state index contributed by atoms with van der Waals surface area (Å²) in [7, 11) is 0. The molecular weight excluding hydrogens is 330 g/mol. The highest BCUT2D eigenvalue weighted by Gasteiger charge is 2.32. The smallest absolute Gasteiger partial charge is 0.480 e. The molecule has 0 saturated heterocycles. The van der Waals surface area contributed by atoms with Crippen molar-refractivity contribution < 1.29 is 32.2 Å². The average Bonchev–Trinajstić information content (AvgIpc) is 2.47. The van der Waals surface area contributed by atoms with E-state index in [1.54, 1.807) is 6.08 Å². The number of rotatable bonds is 10. The molecule has 0 fully saturated rings. The first-order valence-corrected chi connectivity index (χ1v) is 7.38. The number of anilines is 1. The zero-order valence-corrected chi connectivity index (χ0v) is 12.9. The fraction of sp³-hybridized carbons (Fsp3) is 0.438. The summed E-state index contributed by atoms with van der Waals surface area (Å²) in [5.41, 5.74) is 0.0699. The zero-order valence-electron chi connectivity index (χ0n) is 12.9. The minimum absolute atomic E-state index is 0.0699. The van der Waals surface area contributed by atoms with Crippen LogP contribution in [0.3, 0.4) is 0 Å². The van der Waals surface area contributed by atoms with Gasteiger partial charge in [-0.1, -0.05) is 18.9 Å². The van der Waals surface area contributed by atoms with E-state index in [9.17, 15) is 22.4 Å². The van der Waals surface area contributed by atoms with Gasteiger partial charge in [-0.3, -0.25) is 0 Å². The molecule has 8 heteroatoms. The van der Waals surface area contributed by atoms with Crippen molar-refractivity contribution in [3.05, 3.63) is 36.7 Å². The van der Waals surface area contributed by atoms with E-state index >= 15 is 0 Å². The second kappa shape index (κ2) is 9.14. The van der Waals surface area contributed by atoms with Gasteiger partial charge in [0.05, 0.1) is 0 Å². The van der Waals surface area contributed by atoms with Crippen LogP contribution in [0.25, 0.3) is 0 Å². The SMILES string of the molecule is C=CCCCCCC(Nc1ccc(OC(F)(F)F)c(F)c1)C(=O)O. The fourth-order valence-corrected chi connectivity index (χ4v) is 2.07. The number of allylic oxidation sites excluding steroid dienone is 1. The molecular formula is C16H19F4NO3. The van der Waals surface area contributed by atoms with Gasteiger partial charge in [-0.2, -0.15) is 0 Å². The van der Waals surface area contributed by atoms with Gasteiger partial charge in [-0.15, -0.1) is 19.8 Å². The molecule has 1 atom stereocenters. The quantitative estimate of drug-likeness (QED) is 0.364. The number of hydrogen-bond donors (Lipinski definition) is 2. The highest BCUT2D eigenvalue weighted by Crippen LogP contribution is 2.27. The van der Waals surface area contributed by atoms with Crippen molar-refractivity contribution in [1.82, 2.24) is 0 Å². The maximum atomic E-state index is 13.6. The highest BCUT2D eigenvalue weighted by atomic mass is 19.4. The summed E-state index contributed by atoms with van der Waals surface area (Å²) in [6.45, 7) is 3.59. The number of aliphatic carboxylic acids is 1. The lowest BCUT2D eigenvalue weighted by Crippen LogP contribution is -2.29. The molecule has 0 aliphatic carbocycles. The fourth-order valence-electron chi connectivity index (χ4n) is 2.07. The van der Waals surface area contributed by atoms with Crippen LogP contribution in [-0.4, -0.2) is 23.5 Å². The predicted octanol–water partition coefficient (Wildman–Crippen LogP) is 4.73. The van der Waals surface area contributed by atoms with Crippen LogP contribution >= 0.6 is 0 Å². The largest absolute Gasteiger partial charge is 0.573 e. The number of carboxylic acid groups (broad SMARTS) is 1. The third-order valence-corrected chi connectivity index (χ3v) is 3.20. The standard InChI is InChI=1S/C16H19F4NO3/c1-2-3-4-5-6-7-13(15(22)23)21-11-8-9-14(12(17)10-11)24-16(18,19)20/h2,8-10,13,21H,1,3-7H2,(H,22,23). The number of carboxylic acids is 1. The summed E-state index contributed by atoms with van der Waals surface area (Å²) in [6, 6.07) is 1.75. The Bertz CT molecular complexity index is 561. The number of unbranched alkanes of at least 4 members (excludes halogenated alkanes) is 3. The Labute approximate surface area is 137 Å². The number of halogens is 4. The zero-order chi connectivity index (χ0) is 18.2. The van der Waals surface area contributed by atoms with Crippen molar-refractivity contribution in [2.24, 2.45) is 0 Å². The lowest BCUT2D eigenvalue weighted by molar-refractivity contribution is -0.275. The Morgan fingerprint density at radius 3 is 2.58 bits per heavy atom. The third-order valence-electron chi connectivity index (χ3n) is 3.20. The van der Waals surface area contributed by atoms with Crippen LogP contribution in [0, 0.1) is 5.82 Å². The molecule has 0 aliphatic rings. The molecule has 0 radical (unpaired) electrons. The molecule has 1 unspecified atom stereocenters. The summed E-state index contributed by atoms with van der Waals surface area (Å²) in [5, 5.41) is 11.8. The molecule has 134 valence electrons. The van der Waals surface area contributed by atoms with Crippen LogP contribution in [0.5, 0.6) is 5.75 Å². The van der Waals surface area contributed by atoms with Gasteiger partial charge in [-0.05, 0) is 31.4 Å². The minimum atomic E-state index is -5.00. The Kier molecular flexibility index (Phi) is 7.54. The van der Waals surface area contributed by atoms with Crippen LogP contribution in [0.15, 0.2) is 30.9 Å². The van der Waals surface area contributed by atoms with E-state index in [0.29, 0.717) is 12.8 Å². The van der Waals surface area contributed by atoms with Crippen LogP contribution in [0.4, 0.5) is 23.2 Å². The van der Waals surface area contributed by atoms with Crippen molar-refractivity contribution in [3.8, 4) is 5.75 Å². The third kappa shape index (κ3) is 7.34. The van der Waals surface area contributed by atoms with E-state index in [0.717, 1.165) is 37.5 Å². The van der Waals surface area contributed by atoms with E-state index in [2.05, 4.69) is 16.6 Å². The molecule has 0 bridgehead atoms. The molecule has 0 aromatic heterocycles. The number of alkyl halides is 3. The van der Waals surface area contributed by atoms with Gasteiger partial charge in [0.25, 0.3) is 0 Å². The Hall–Kier alpha value is -2.25. The van der Waals surface area contributed by atoms with Crippen molar-refractivity contribution in [1.29, 1.82) is 0 Å². The first-order valence-electron chi connectivity index (χ1n) is 7.38. The number of nitrogens with one attached hydrogen (secondary N) is 1. The Morgan fingerprint density at radius 2 is 2.04 bits per heavy atom. The van der Waals surface area contributed by atoms with E-state index in [-0.39, 0.29) is 5.69 Å². The van der Waals surface area contributed by atoms with Gasteiger partial charge >= 0.3 is 12.3 Å². The molecule has 0 aliphatic heterocycles. The normalized spacial score (nSPS) is 12.5. The van der Waals surface area contributed by atoms with E-state index in [4.69, 9.17) is 5.11 Å². The second-order valence-electron chi connectivity index (χ2n) is 5.15. The van der Waals surface area contributed by atoms with Crippen molar-refractivity contribution >= 4 is 11.7 Å². The Balaban J connectivity index is 2.65. The number of hydrogen-bond acceptors (Lipinski definition) is 3. The molecule has 1 aromatic carbocycles. The van der Waals surface area contributed by atoms with Gasteiger partial charge in [-0.25, -0.2) is 9.18 Å². The lowest BCUT2D eigenvalue weighted by atomic mass is 10.1. The van der Waals surface area contributed by atoms with E-state index in [1.165, 1.54) is 0 Å². The minimum Gasteiger partial charge on any atom is -0.480 e. The van der Waals surface area contributed by atoms with Crippen molar-refractivity contribution in [2.75, 3.05) is 5.32 Å². The van der Waals surface area contributed by atoms with Gasteiger partial charge in [0.15, 0.2) is 11.6 Å². The molecule has 1 rings (SSSR count). The van der Waals surface area contributed by atoms with Gasteiger partial charge < -0.3 is 15.2 Å². The topological polar surface area (TPSA) is 58.6 Å². The van der Waals surface area contributed by atoms with Gasteiger partial charge in [0, 0.05) is 11.8 Å². The number of carbonyl (C=O) groups is 1. The highest BCUT2D eigenvalue weighted by molar-refractivity contribution is 5.77. The monoisotopic (exact) mass is 349 g/mol. The molecule has 24 heavy (non-hydrogen) atoms. The summed E-state index contributed by atoms with van der Waals surface area (Å²) >= 11 is 0. The summed E-state index contributed by atoms with van der Waals surface area (Å²) in [5.74, 6) is -3.31. The first kappa shape index (κ1) is 19.8. The second-order valence-corrected chi connectivity index (χ2v) is 5.15. The maximum Gasteiger partial charge on any atom is 0.573 e. The van der Waals surface area contributed by atoms with Crippen LogP contribution < -0.4 is 10.1 Å². The van der Waals surface area contributed by atoms with E-state index < -0.39 is 29.9 Å². The maximum absolute atomic E-state index is 13.6. The summed E-state index contributed by atoms with van der Waals surface area (Å²) in [6.07, 6.45) is 0.310. The van der Waals surface area contributed by atoms with Crippen molar-refractivity contribution in [2.45, 2.75) is 44.5 Å².